The number of carbonyl (C=O) groups is 1. The average molecular weight is 481 g/mol. The van der Waals surface area contributed by atoms with Gasteiger partial charge < -0.3 is 14.4 Å². The molecular weight excluding hydrogens is 457 g/mol. The van der Waals surface area contributed by atoms with Crippen molar-refractivity contribution in [1.29, 1.82) is 0 Å². The quantitative estimate of drug-likeness (QED) is 0.192. The van der Waals surface area contributed by atoms with Gasteiger partial charge in [-0.1, -0.05) is 26.7 Å². The van der Waals surface area contributed by atoms with Gasteiger partial charge in [0.25, 0.3) is 5.56 Å². The maximum Gasteiger partial charge on any atom is 0.343 e. The Morgan fingerprint density at radius 2 is 2.00 bits per heavy atom. The molecule has 9 nitrogen and oxygen atoms in total. The minimum absolute atomic E-state index is 0.0247. The van der Waals surface area contributed by atoms with Crippen LogP contribution in [0, 0.1) is 15.9 Å². The Balaban J connectivity index is 1.79. The van der Waals surface area contributed by atoms with E-state index in [2.05, 4.69) is 11.9 Å². The number of nitro groups is 1. The molecule has 0 fully saturated rings. The van der Waals surface area contributed by atoms with Gasteiger partial charge in [-0.2, -0.15) is 4.39 Å². The lowest BCUT2D eigenvalue weighted by molar-refractivity contribution is -0.387. The Bertz CT molecular complexity index is 1480. The van der Waals surface area contributed by atoms with Gasteiger partial charge in [0, 0.05) is 28.6 Å². The topological polar surface area (TPSA) is 125 Å². The molecule has 1 atom stereocenters. The fraction of sp³-hybridized carbons (Fsp3) is 0.400. The summed E-state index contributed by atoms with van der Waals surface area (Å²) in [7, 11) is 0. The number of fused-ring (bicyclic) bond motifs is 5. The molecule has 0 bridgehead atoms. The maximum atomic E-state index is 14.5. The number of rotatable bonds is 6. The van der Waals surface area contributed by atoms with Gasteiger partial charge >= 0.3 is 11.7 Å². The smallest absolute Gasteiger partial charge is 0.343 e. The van der Waals surface area contributed by atoms with Crippen molar-refractivity contribution in [1.82, 2.24) is 9.55 Å². The summed E-state index contributed by atoms with van der Waals surface area (Å²) in [6.45, 7) is 3.64. The number of aryl methyl sites for hydroxylation is 1. The molecule has 2 aliphatic rings. The summed E-state index contributed by atoms with van der Waals surface area (Å²) in [5.41, 5.74) is 0.104. The third kappa shape index (κ3) is 3.35. The number of nitro benzene ring substituents is 1. The molecule has 1 aromatic carbocycles. The maximum absolute atomic E-state index is 14.5. The number of aromatic nitrogens is 2. The van der Waals surface area contributed by atoms with Crippen molar-refractivity contribution in [3.8, 4) is 11.4 Å². The van der Waals surface area contributed by atoms with Gasteiger partial charge in [-0.15, -0.1) is 0 Å². The summed E-state index contributed by atoms with van der Waals surface area (Å²) >= 11 is 0. The number of cyclic esters (lactones) is 1. The van der Waals surface area contributed by atoms with E-state index in [9.17, 15) is 29.2 Å². The highest BCUT2D eigenvalue weighted by Crippen LogP contribution is 2.41. The van der Waals surface area contributed by atoms with Crippen LogP contribution in [0.3, 0.4) is 0 Å². The molecule has 10 heteroatoms. The van der Waals surface area contributed by atoms with Crippen molar-refractivity contribution in [3.05, 3.63) is 66.7 Å². The Morgan fingerprint density at radius 3 is 2.69 bits per heavy atom. The van der Waals surface area contributed by atoms with Crippen molar-refractivity contribution in [3.63, 3.8) is 0 Å². The van der Waals surface area contributed by atoms with Crippen molar-refractivity contribution in [2.75, 3.05) is 0 Å². The minimum atomic E-state index is -1.95. The zero-order valence-electron chi connectivity index (χ0n) is 19.4. The van der Waals surface area contributed by atoms with Gasteiger partial charge in [-0.05, 0) is 30.9 Å². The van der Waals surface area contributed by atoms with E-state index in [0.29, 0.717) is 23.2 Å². The molecule has 4 heterocycles. The molecule has 0 spiro atoms. The van der Waals surface area contributed by atoms with E-state index in [0.717, 1.165) is 36.5 Å². The second kappa shape index (κ2) is 8.23. The van der Waals surface area contributed by atoms with Crippen molar-refractivity contribution >= 4 is 22.6 Å². The van der Waals surface area contributed by atoms with Crippen LogP contribution in [0.15, 0.2) is 23.0 Å². The number of halogens is 1. The number of carbonyl (C=O) groups excluding carboxylic acids is 1. The zero-order valence-corrected chi connectivity index (χ0v) is 19.4. The number of aliphatic hydroxyl groups is 1. The molecule has 2 aromatic heterocycles. The fourth-order valence-corrected chi connectivity index (χ4v) is 5.15. The first-order valence-electron chi connectivity index (χ1n) is 11.7. The van der Waals surface area contributed by atoms with Gasteiger partial charge in [0.15, 0.2) is 5.60 Å². The van der Waals surface area contributed by atoms with E-state index in [1.807, 2.05) is 0 Å². The summed E-state index contributed by atoms with van der Waals surface area (Å²) in [6, 6.07) is 3.87. The molecule has 5 rings (SSSR count). The van der Waals surface area contributed by atoms with Crippen LogP contribution < -0.4 is 5.56 Å². The first kappa shape index (κ1) is 23.1. The van der Waals surface area contributed by atoms with E-state index < -0.39 is 33.6 Å². The molecule has 35 heavy (non-hydrogen) atoms. The first-order chi connectivity index (χ1) is 16.7. The van der Waals surface area contributed by atoms with Gasteiger partial charge in [0.1, 0.15) is 6.61 Å². The standard InChI is InChI=1S/C25H24FN3O6/c1-3-5-6-7-13-14-8-20(29(33)34)18(26)10-19(14)27-22-15(13)11-28-21(22)9-17-16(23(28)30)12-35-24(31)25(17,32)4-2/h8-10,32H,3-7,11-12H2,1-2H3/t25-/m0/s1. The van der Waals surface area contributed by atoms with Crippen LogP contribution in [0.5, 0.6) is 0 Å². The van der Waals surface area contributed by atoms with Crippen LogP contribution in [-0.2, 0) is 34.7 Å². The van der Waals surface area contributed by atoms with E-state index >= 15 is 0 Å². The molecule has 0 unspecified atom stereocenters. The summed E-state index contributed by atoms with van der Waals surface area (Å²) in [5.74, 6) is -1.80. The Morgan fingerprint density at radius 1 is 1.23 bits per heavy atom. The monoisotopic (exact) mass is 481 g/mol. The second-order valence-corrected chi connectivity index (χ2v) is 9.06. The van der Waals surface area contributed by atoms with Crippen molar-refractivity contribution in [2.24, 2.45) is 0 Å². The molecule has 0 saturated carbocycles. The van der Waals surface area contributed by atoms with E-state index in [1.165, 1.54) is 10.6 Å². The number of nitrogens with zero attached hydrogens (tertiary/aromatic N) is 3. The Labute approximate surface area is 199 Å². The highest BCUT2D eigenvalue weighted by atomic mass is 19.1. The van der Waals surface area contributed by atoms with E-state index in [4.69, 9.17) is 4.74 Å². The van der Waals surface area contributed by atoms with Gasteiger partial charge in [-0.25, -0.2) is 9.78 Å². The van der Waals surface area contributed by atoms with E-state index in [-0.39, 0.29) is 36.2 Å². The third-order valence-corrected chi connectivity index (χ3v) is 7.10. The predicted molar refractivity (Wildman–Crippen MR) is 124 cm³/mol. The molecule has 0 radical (unpaired) electrons. The highest BCUT2D eigenvalue weighted by Gasteiger charge is 2.45. The number of hydrogen-bond donors (Lipinski definition) is 1. The average Bonchev–Trinajstić information content (AvgIpc) is 3.19. The number of ether oxygens (including phenoxy) is 1. The fourth-order valence-electron chi connectivity index (χ4n) is 5.15. The SMILES string of the molecule is CCCCCc1c2c(nc3cc(F)c([N+](=O)[O-])cc13)-c1cc3c(c(=O)n1C2)COC(=O)[C@]3(O)CC. The van der Waals surface area contributed by atoms with Gasteiger partial charge in [-0.3, -0.25) is 14.9 Å². The Kier molecular flexibility index (Phi) is 5.43. The van der Waals surface area contributed by atoms with Crippen LogP contribution in [0.2, 0.25) is 0 Å². The minimum Gasteiger partial charge on any atom is -0.458 e. The Hall–Kier alpha value is -3.66. The lowest BCUT2D eigenvalue weighted by atomic mass is 9.86. The van der Waals surface area contributed by atoms with Crippen LogP contribution in [0.25, 0.3) is 22.3 Å². The molecule has 1 N–H and O–H groups in total. The number of esters is 1. The molecule has 3 aromatic rings. The van der Waals surface area contributed by atoms with Crippen molar-refractivity contribution < 1.29 is 24.0 Å². The summed E-state index contributed by atoms with van der Waals surface area (Å²) in [4.78, 5) is 41.1. The summed E-state index contributed by atoms with van der Waals surface area (Å²) in [5, 5.41) is 22.9. The zero-order chi connectivity index (χ0) is 25.1. The lowest BCUT2D eigenvalue weighted by Crippen LogP contribution is -2.44. The predicted octanol–water partition coefficient (Wildman–Crippen LogP) is 3.86. The first-order valence-corrected chi connectivity index (χ1v) is 11.7. The second-order valence-electron chi connectivity index (χ2n) is 9.06. The molecule has 182 valence electrons. The van der Waals surface area contributed by atoms with Crippen LogP contribution in [0.1, 0.15) is 61.8 Å². The van der Waals surface area contributed by atoms with Gasteiger partial charge in [0.2, 0.25) is 5.82 Å². The number of hydrogen-bond acceptors (Lipinski definition) is 7. The highest BCUT2D eigenvalue weighted by molar-refractivity contribution is 5.90. The summed E-state index contributed by atoms with van der Waals surface area (Å²) in [6.07, 6.45) is 3.33. The molecule has 0 amide bonds. The van der Waals surface area contributed by atoms with Crippen molar-refractivity contribution in [2.45, 2.75) is 64.7 Å². The third-order valence-electron chi connectivity index (χ3n) is 7.10. The number of pyridine rings is 2. The van der Waals surface area contributed by atoms with Crippen LogP contribution >= 0.6 is 0 Å². The number of unbranched alkanes of at least 4 members (excludes halogenated alkanes) is 2. The molecule has 2 aliphatic heterocycles. The summed E-state index contributed by atoms with van der Waals surface area (Å²) < 4.78 is 21.1. The molecule has 0 aliphatic carbocycles. The lowest BCUT2D eigenvalue weighted by Gasteiger charge is -2.31. The normalized spacial score (nSPS) is 18.2. The molecule has 0 saturated heterocycles. The van der Waals surface area contributed by atoms with Gasteiger partial charge in [0.05, 0.1) is 33.9 Å². The van der Waals surface area contributed by atoms with Crippen LogP contribution in [0.4, 0.5) is 10.1 Å². The molecular formula is C25H24FN3O6. The van der Waals surface area contributed by atoms with Crippen LogP contribution in [-0.4, -0.2) is 25.6 Å². The number of benzene rings is 1. The largest absolute Gasteiger partial charge is 0.458 e. The van der Waals surface area contributed by atoms with E-state index in [1.54, 1.807) is 13.0 Å².